The van der Waals surface area contributed by atoms with Crippen molar-refractivity contribution < 1.29 is 18.1 Å². The Hall–Kier alpha value is -2.78. The number of amides is 1. The lowest BCUT2D eigenvalue weighted by Crippen LogP contribution is -2.35. The Morgan fingerprint density at radius 3 is 2.44 bits per heavy atom. The van der Waals surface area contributed by atoms with E-state index in [4.69, 9.17) is 0 Å². The van der Waals surface area contributed by atoms with Crippen LogP contribution >= 0.6 is 0 Å². The molecule has 2 aromatic carbocycles. The first-order valence-corrected chi connectivity index (χ1v) is 9.98. The number of non-ortho nitro benzene ring substituents is 1. The van der Waals surface area contributed by atoms with Crippen LogP contribution in [0.4, 0.5) is 11.4 Å². The van der Waals surface area contributed by atoms with Crippen LogP contribution in [0.25, 0.3) is 0 Å². The van der Waals surface area contributed by atoms with Crippen LogP contribution in [0.2, 0.25) is 0 Å². The number of nitro benzene ring substituents is 1. The molecule has 9 heteroatoms. The first-order chi connectivity index (χ1) is 12.9. The van der Waals surface area contributed by atoms with Crippen molar-refractivity contribution in [1.82, 2.24) is 4.31 Å². The number of carbonyl (C=O) groups excluding carboxylic acids is 1. The highest BCUT2D eigenvalue weighted by Gasteiger charge is 2.26. The molecule has 1 fully saturated rings. The molecular formula is C18H19N3O5S. The number of rotatable bonds is 5. The van der Waals surface area contributed by atoms with Crippen LogP contribution in [0.3, 0.4) is 0 Å². The summed E-state index contributed by atoms with van der Waals surface area (Å²) in [5.41, 5.74) is 0.238. The summed E-state index contributed by atoms with van der Waals surface area (Å²) >= 11 is 0. The summed E-state index contributed by atoms with van der Waals surface area (Å²) in [6, 6.07) is 11.4. The third-order valence-electron chi connectivity index (χ3n) is 4.36. The van der Waals surface area contributed by atoms with Crippen molar-refractivity contribution in [1.29, 1.82) is 0 Å². The number of nitrogens with one attached hydrogen (secondary N) is 1. The minimum atomic E-state index is -3.61. The summed E-state index contributed by atoms with van der Waals surface area (Å²) in [4.78, 5) is 22.7. The van der Waals surface area contributed by atoms with Gasteiger partial charge in [0.05, 0.1) is 9.82 Å². The maximum atomic E-state index is 12.8. The zero-order valence-corrected chi connectivity index (χ0v) is 15.3. The minimum absolute atomic E-state index is 0.112. The molecule has 1 aliphatic rings. The third kappa shape index (κ3) is 4.32. The van der Waals surface area contributed by atoms with E-state index in [-0.39, 0.29) is 16.1 Å². The fraction of sp³-hybridized carbons (Fsp3) is 0.278. The molecule has 0 saturated carbocycles. The average molecular weight is 389 g/mol. The molecule has 1 heterocycles. The molecule has 0 bridgehead atoms. The molecule has 3 rings (SSSR count). The number of benzene rings is 2. The van der Waals surface area contributed by atoms with Gasteiger partial charge in [-0.3, -0.25) is 14.9 Å². The normalized spacial score (nSPS) is 15.3. The number of hydrogen-bond acceptors (Lipinski definition) is 5. The molecule has 0 atom stereocenters. The van der Waals surface area contributed by atoms with Crippen molar-refractivity contribution in [2.75, 3.05) is 18.4 Å². The van der Waals surface area contributed by atoms with Gasteiger partial charge in [-0.1, -0.05) is 18.6 Å². The Morgan fingerprint density at radius 2 is 1.74 bits per heavy atom. The predicted octanol–water partition coefficient (Wildman–Crippen LogP) is 3.02. The highest BCUT2D eigenvalue weighted by Crippen LogP contribution is 2.23. The number of carbonyl (C=O) groups is 1. The Morgan fingerprint density at radius 1 is 1.04 bits per heavy atom. The van der Waals surface area contributed by atoms with Crippen LogP contribution in [-0.4, -0.2) is 36.6 Å². The van der Waals surface area contributed by atoms with E-state index in [0.29, 0.717) is 18.8 Å². The Labute approximate surface area is 157 Å². The van der Waals surface area contributed by atoms with Crippen molar-refractivity contribution >= 4 is 27.3 Å². The number of anilines is 1. The predicted molar refractivity (Wildman–Crippen MR) is 100 cm³/mol. The van der Waals surface area contributed by atoms with Crippen LogP contribution < -0.4 is 5.32 Å². The van der Waals surface area contributed by atoms with Gasteiger partial charge in [0.1, 0.15) is 0 Å². The second-order valence-electron chi connectivity index (χ2n) is 6.25. The van der Waals surface area contributed by atoms with Crippen molar-refractivity contribution in [3.8, 4) is 0 Å². The first kappa shape index (κ1) is 19.0. The van der Waals surface area contributed by atoms with Gasteiger partial charge in [0.2, 0.25) is 10.0 Å². The molecule has 0 unspecified atom stereocenters. The highest BCUT2D eigenvalue weighted by atomic mass is 32.2. The van der Waals surface area contributed by atoms with Gasteiger partial charge in [0.25, 0.3) is 11.6 Å². The maximum absolute atomic E-state index is 12.8. The van der Waals surface area contributed by atoms with Crippen molar-refractivity contribution in [3.05, 3.63) is 64.2 Å². The van der Waals surface area contributed by atoms with Crippen molar-refractivity contribution in [2.45, 2.75) is 24.2 Å². The molecule has 142 valence electrons. The Kier molecular flexibility index (Phi) is 5.52. The summed E-state index contributed by atoms with van der Waals surface area (Å²) in [7, 11) is -3.61. The van der Waals surface area contributed by atoms with Gasteiger partial charge in [-0.05, 0) is 37.1 Å². The number of nitrogens with zero attached hydrogens (tertiary/aromatic N) is 2. The summed E-state index contributed by atoms with van der Waals surface area (Å²) < 4.78 is 27.0. The topological polar surface area (TPSA) is 110 Å². The number of piperidine rings is 1. The molecule has 0 aliphatic carbocycles. The molecule has 8 nitrogen and oxygen atoms in total. The molecule has 0 aromatic heterocycles. The molecule has 0 radical (unpaired) electrons. The lowest BCUT2D eigenvalue weighted by Gasteiger charge is -2.26. The largest absolute Gasteiger partial charge is 0.322 e. The minimum Gasteiger partial charge on any atom is -0.322 e. The second-order valence-corrected chi connectivity index (χ2v) is 8.19. The van der Waals surface area contributed by atoms with E-state index >= 15 is 0 Å². The SMILES string of the molecule is O=C(Nc1cccc(S(=O)(=O)N2CCCCC2)c1)c1cccc([N+](=O)[O-])c1. The van der Waals surface area contributed by atoms with Crippen LogP contribution in [0.1, 0.15) is 29.6 Å². The van der Waals surface area contributed by atoms with Crippen molar-refractivity contribution in [2.24, 2.45) is 0 Å². The first-order valence-electron chi connectivity index (χ1n) is 8.54. The number of nitro groups is 1. The third-order valence-corrected chi connectivity index (χ3v) is 6.26. The van der Waals surface area contributed by atoms with Crippen LogP contribution in [-0.2, 0) is 10.0 Å². The second kappa shape index (κ2) is 7.85. The fourth-order valence-corrected chi connectivity index (χ4v) is 4.52. The maximum Gasteiger partial charge on any atom is 0.270 e. The summed E-state index contributed by atoms with van der Waals surface area (Å²) in [5, 5.41) is 13.4. The summed E-state index contributed by atoms with van der Waals surface area (Å²) in [5.74, 6) is -0.550. The van der Waals surface area contributed by atoms with Gasteiger partial charge < -0.3 is 5.32 Å². The number of hydrogen-bond donors (Lipinski definition) is 1. The number of sulfonamides is 1. The van der Waals surface area contributed by atoms with E-state index in [1.165, 1.54) is 40.7 Å². The monoisotopic (exact) mass is 389 g/mol. The van der Waals surface area contributed by atoms with E-state index in [1.54, 1.807) is 12.1 Å². The van der Waals surface area contributed by atoms with Gasteiger partial charge in [0, 0.05) is 36.5 Å². The van der Waals surface area contributed by atoms with E-state index < -0.39 is 20.9 Å². The average Bonchev–Trinajstić information content (AvgIpc) is 2.69. The molecule has 1 saturated heterocycles. The van der Waals surface area contributed by atoms with Gasteiger partial charge in [0.15, 0.2) is 0 Å². The molecule has 1 N–H and O–H groups in total. The zero-order chi connectivity index (χ0) is 19.4. The fourth-order valence-electron chi connectivity index (χ4n) is 2.95. The van der Waals surface area contributed by atoms with Gasteiger partial charge in [-0.15, -0.1) is 0 Å². The highest BCUT2D eigenvalue weighted by molar-refractivity contribution is 7.89. The Bertz CT molecular complexity index is 968. The molecule has 0 spiro atoms. The molecule has 1 aliphatic heterocycles. The lowest BCUT2D eigenvalue weighted by atomic mass is 10.2. The molecule has 27 heavy (non-hydrogen) atoms. The summed E-state index contributed by atoms with van der Waals surface area (Å²) in [6.45, 7) is 0.985. The van der Waals surface area contributed by atoms with E-state index in [9.17, 15) is 23.3 Å². The standard InChI is InChI=1S/C18H19N3O5S/c22-18(14-6-4-8-16(12-14)21(23)24)19-15-7-5-9-17(13-15)27(25,26)20-10-2-1-3-11-20/h4-9,12-13H,1-3,10-11H2,(H,19,22). The van der Waals surface area contributed by atoms with Gasteiger partial charge in [-0.2, -0.15) is 4.31 Å². The molecular weight excluding hydrogens is 370 g/mol. The quantitative estimate of drug-likeness (QED) is 0.624. The van der Waals surface area contributed by atoms with Crippen molar-refractivity contribution in [3.63, 3.8) is 0 Å². The zero-order valence-electron chi connectivity index (χ0n) is 14.5. The summed E-state index contributed by atoms with van der Waals surface area (Å²) in [6.07, 6.45) is 2.69. The van der Waals surface area contributed by atoms with E-state index in [0.717, 1.165) is 19.3 Å². The lowest BCUT2D eigenvalue weighted by molar-refractivity contribution is -0.384. The smallest absolute Gasteiger partial charge is 0.270 e. The molecule has 1 amide bonds. The van der Waals surface area contributed by atoms with E-state index in [2.05, 4.69) is 5.32 Å². The van der Waals surface area contributed by atoms with Crippen LogP contribution in [0, 0.1) is 10.1 Å². The van der Waals surface area contributed by atoms with E-state index in [1.807, 2.05) is 0 Å². The van der Waals surface area contributed by atoms with Crippen LogP contribution in [0.5, 0.6) is 0 Å². The Balaban J connectivity index is 1.80. The van der Waals surface area contributed by atoms with Gasteiger partial charge >= 0.3 is 0 Å². The van der Waals surface area contributed by atoms with Gasteiger partial charge in [-0.25, -0.2) is 8.42 Å². The molecule has 2 aromatic rings. The van der Waals surface area contributed by atoms with Crippen LogP contribution in [0.15, 0.2) is 53.4 Å².